The van der Waals surface area contributed by atoms with Gasteiger partial charge in [-0.25, -0.2) is 4.79 Å². The molecule has 1 aromatic heterocycles. The molecule has 0 aliphatic carbocycles. The molecule has 1 atom stereocenters. The van der Waals surface area contributed by atoms with Gasteiger partial charge in [-0.3, -0.25) is 4.79 Å². The predicted octanol–water partition coefficient (Wildman–Crippen LogP) is 4.85. The number of esters is 1. The fourth-order valence-corrected chi connectivity index (χ4v) is 4.25. The first-order chi connectivity index (χ1) is 16.1. The van der Waals surface area contributed by atoms with E-state index in [0.29, 0.717) is 11.3 Å². The van der Waals surface area contributed by atoms with Crippen molar-refractivity contribution >= 4 is 34.5 Å². The van der Waals surface area contributed by atoms with Crippen LogP contribution in [0.3, 0.4) is 0 Å². The quantitative estimate of drug-likeness (QED) is 0.417. The largest absolute Gasteiger partial charge is 0.506 e. The van der Waals surface area contributed by atoms with Crippen LogP contribution in [0.1, 0.15) is 40.0 Å². The second-order valence-corrected chi connectivity index (χ2v) is 7.90. The van der Waals surface area contributed by atoms with E-state index in [1.54, 1.807) is 44.4 Å². The van der Waals surface area contributed by atoms with Gasteiger partial charge in [0.2, 0.25) is 0 Å². The number of carbonyl (C=O) groups is 2. The number of hydrogen-bond acceptors (Lipinski definition) is 5. The second kappa shape index (κ2) is 8.44. The van der Waals surface area contributed by atoms with Crippen LogP contribution in [-0.4, -0.2) is 42.7 Å². The third-order valence-corrected chi connectivity index (χ3v) is 5.79. The molecule has 0 bridgehead atoms. The average Bonchev–Trinajstić information content (AvgIpc) is 3.36. The van der Waals surface area contributed by atoms with Crippen molar-refractivity contribution in [2.24, 2.45) is 0 Å². The monoisotopic (exact) mass is 474 g/mol. The minimum Gasteiger partial charge on any atom is -0.506 e. The number of phenolic OH excluding ortho intramolecular Hbond substituents is 1. The molecule has 2 heterocycles. The Morgan fingerprint density at radius 2 is 1.88 bits per heavy atom. The second-order valence-electron chi connectivity index (χ2n) is 7.90. The maximum atomic E-state index is 13.7. The Labute approximate surface area is 192 Å². The van der Waals surface area contributed by atoms with Gasteiger partial charge in [-0.05, 0) is 29.3 Å². The predicted molar refractivity (Wildman–Crippen MR) is 119 cm³/mol. The number of methoxy groups -OCH3 is 2. The van der Waals surface area contributed by atoms with Crippen molar-refractivity contribution in [1.82, 2.24) is 4.98 Å². The molecule has 3 aromatic rings. The molecule has 1 aliphatic heterocycles. The SMILES string of the molecule is COC(=O)c1c(C(F)(F)F)[nH]c2c(O)cc3c(c12)C(C)CN3C(=O)/C=C/c1ccc(OC)cc1. The van der Waals surface area contributed by atoms with Crippen LogP contribution < -0.4 is 9.64 Å². The van der Waals surface area contributed by atoms with E-state index in [0.717, 1.165) is 12.7 Å². The third kappa shape index (κ3) is 3.85. The van der Waals surface area contributed by atoms with E-state index in [-0.39, 0.29) is 23.1 Å². The molecular formula is C24H21F3N2O5. The molecule has 7 nitrogen and oxygen atoms in total. The van der Waals surface area contributed by atoms with Crippen LogP contribution in [0.15, 0.2) is 36.4 Å². The van der Waals surface area contributed by atoms with Crippen molar-refractivity contribution in [2.75, 3.05) is 25.7 Å². The zero-order valence-corrected chi connectivity index (χ0v) is 18.5. The highest BCUT2D eigenvalue weighted by Gasteiger charge is 2.42. The molecule has 0 spiro atoms. The summed E-state index contributed by atoms with van der Waals surface area (Å²) in [7, 11) is 2.52. The number of aromatic nitrogens is 1. The number of fused-ring (bicyclic) bond motifs is 3. The minimum atomic E-state index is -4.89. The minimum absolute atomic E-state index is 0.101. The first kappa shape index (κ1) is 23.2. The number of amides is 1. The number of ether oxygens (including phenoxy) is 2. The van der Waals surface area contributed by atoms with Crippen molar-refractivity contribution in [3.63, 3.8) is 0 Å². The summed E-state index contributed by atoms with van der Waals surface area (Å²) >= 11 is 0. The number of aromatic amines is 1. The van der Waals surface area contributed by atoms with E-state index < -0.39 is 41.0 Å². The molecule has 0 saturated carbocycles. The zero-order chi connectivity index (χ0) is 24.8. The Balaban J connectivity index is 1.81. The number of rotatable bonds is 4. The molecule has 1 unspecified atom stereocenters. The average molecular weight is 474 g/mol. The summed E-state index contributed by atoms with van der Waals surface area (Å²) in [4.78, 5) is 28.9. The number of nitrogens with one attached hydrogen (secondary N) is 1. The van der Waals surface area contributed by atoms with Gasteiger partial charge < -0.3 is 24.5 Å². The van der Waals surface area contributed by atoms with E-state index >= 15 is 0 Å². The highest BCUT2D eigenvalue weighted by molar-refractivity contribution is 6.13. The van der Waals surface area contributed by atoms with Gasteiger partial charge in [-0.1, -0.05) is 19.1 Å². The lowest BCUT2D eigenvalue weighted by molar-refractivity contribution is -0.141. The molecule has 2 aromatic carbocycles. The molecule has 2 N–H and O–H groups in total. The number of anilines is 1. The summed E-state index contributed by atoms with van der Waals surface area (Å²) in [6.07, 6.45) is -1.95. The van der Waals surface area contributed by atoms with E-state index in [4.69, 9.17) is 4.74 Å². The van der Waals surface area contributed by atoms with Gasteiger partial charge in [-0.2, -0.15) is 13.2 Å². The van der Waals surface area contributed by atoms with Crippen LogP contribution in [0.2, 0.25) is 0 Å². The summed E-state index contributed by atoms with van der Waals surface area (Å²) < 4.78 is 50.7. The lowest BCUT2D eigenvalue weighted by Crippen LogP contribution is -2.27. The van der Waals surface area contributed by atoms with Crippen LogP contribution in [0, 0.1) is 0 Å². The van der Waals surface area contributed by atoms with Crippen LogP contribution in [0.4, 0.5) is 18.9 Å². The lowest BCUT2D eigenvalue weighted by Gasteiger charge is -2.16. The Bertz CT molecular complexity index is 1310. The van der Waals surface area contributed by atoms with E-state index in [1.807, 2.05) is 0 Å². The van der Waals surface area contributed by atoms with Crippen LogP contribution in [-0.2, 0) is 15.7 Å². The van der Waals surface area contributed by atoms with Gasteiger partial charge in [0.1, 0.15) is 17.2 Å². The molecule has 0 radical (unpaired) electrons. The number of nitrogens with zero attached hydrogens (tertiary/aromatic N) is 1. The number of aromatic hydroxyl groups is 1. The highest BCUT2D eigenvalue weighted by atomic mass is 19.4. The normalized spacial score (nSPS) is 15.7. The summed E-state index contributed by atoms with van der Waals surface area (Å²) in [6, 6.07) is 8.24. The van der Waals surface area contributed by atoms with Crippen LogP contribution in [0.25, 0.3) is 17.0 Å². The van der Waals surface area contributed by atoms with Gasteiger partial charge in [0.25, 0.3) is 5.91 Å². The number of phenols is 1. The maximum absolute atomic E-state index is 13.7. The lowest BCUT2D eigenvalue weighted by atomic mass is 9.95. The first-order valence-corrected chi connectivity index (χ1v) is 10.3. The fourth-order valence-electron chi connectivity index (χ4n) is 4.25. The van der Waals surface area contributed by atoms with Crippen LogP contribution >= 0.6 is 0 Å². The Morgan fingerprint density at radius 1 is 1.21 bits per heavy atom. The van der Waals surface area contributed by atoms with Gasteiger partial charge in [0.15, 0.2) is 0 Å². The molecule has 0 saturated heterocycles. The molecule has 0 fully saturated rings. The van der Waals surface area contributed by atoms with Gasteiger partial charge >= 0.3 is 12.1 Å². The number of benzene rings is 2. The molecule has 10 heteroatoms. The maximum Gasteiger partial charge on any atom is 0.432 e. The Morgan fingerprint density at radius 3 is 2.47 bits per heavy atom. The highest BCUT2D eigenvalue weighted by Crippen LogP contribution is 2.48. The molecule has 34 heavy (non-hydrogen) atoms. The zero-order valence-electron chi connectivity index (χ0n) is 18.5. The van der Waals surface area contributed by atoms with Crippen molar-refractivity contribution in [3.05, 3.63) is 58.8 Å². The van der Waals surface area contributed by atoms with Crippen molar-refractivity contribution in [3.8, 4) is 11.5 Å². The Kier molecular flexibility index (Phi) is 5.76. The summed E-state index contributed by atoms with van der Waals surface area (Å²) in [5.41, 5.74) is -0.929. The summed E-state index contributed by atoms with van der Waals surface area (Å²) in [6.45, 7) is 1.89. The molecule has 1 aliphatic rings. The third-order valence-electron chi connectivity index (χ3n) is 5.79. The molecule has 4 rings (SSSR count). The van der Waals surface area contributed by atoms with E-state index in [2.05, 4.69) is 9.72 Å². The number of hydrogen-bond donors (Lipinski definition) is 2. The molecular weight excluding hydrogens is 453 g/mol. The number of carbonyl (C=O) groups excluding carboxylic acids is 2. The molecule has 178 valence electrons. The standard InChI is InChI=1S/C24H21F3N2O5/c1-12-11-29(17(31)9-6-13-4-7-14(33-2)8-5-13)15-10-16(30)21-19(18(12)15)20(23(32)34-3)22(28-21)24(25,26)27/h4-10,12,28,30H,11H2,1-3H3/b9-6+. The van der Waals surface area contributed by atoms with Crippen molar-refractivity contribution in [1.29, 1.82) is 0 Å². The topological polar surface area (TPSA) is 91.9 Å². The number of H-pyrrole nitrogens is 1. The van der Waals surface area contributed by atoms with Crippen LogP contribution in [0.5, 0.6) is 11.5 Å². The van der Waals surface area contributed by atoms with Crippen molar-refractivity contribution in [2.45, 2.75) is 19.0 Å². The van der Waals surface area contributed by atoms with E-state index in [9.17, 15) is 27.9 Å². The first-order valence-electron chi connectivity index (χ1n) is 10.3. The molecule has 1 amide bonds. The number of alkyl halides is 3. The van der Waals surface area contributed by atoms with Gasteiger partial charge in [0, 0.05) is 30.0 Å². The Hall–Kier alpha value is -3.95. The smallest absolute Gasteiger partial charge is 0.432 e. The summed E-state index contributed by atoms with van der Waals surface area (Å²) in [5, 5.41) is 10.4. The fraction of sp³-hybridized carbons (Fsp3) is 0.250. The van der Waals surface area contributed by atoms with Gasteiger partial charge in [0.05, 0.1) is 31.0 Å². The number of halogens is 3. The summed E-state index contributed by atoms with van der Waals surface area (Å²) in [5.74, 6) is -1.87. The van der Waals surface area contributed by atoms with Crippen molar-refractivity contribution < 1.29 is 37.3 Å². The van der Waals surface area contributed by atoms with Gasteiger partial charge in [-0.15, -0.1) is 0 Å². The van der Waals surface area contributed by atoms with E-state index in [1.165, 1.54) is 17.0 Å².